The lowest BCUT2D eigenvalue weighted by Gasteiger charge is -2.10. The third kappa shape index (κ3) is 5.88. The standard InChI is InChI=1S/C20H20N2O5S/c1-25-17-9-11-18(12-10-17)26-14-15-28(23,24)22-16-5-7-19(8-6-16)27-20-4-2-3-13-21-20/h2-13,22H,14-15H2,1H3. The second-order valence-corrected chi connectivity index (χ2v) is 7.58. The molecule has 8 heteroatoms. The summed E-state index contributed by atoms with van der Waals surface area (Å²) >= 11 is 0. The Hall–Kier alpha value is -3.26. The topological polar surface area (TPSA) is 86.8 Å². The fraction of sp³-hybridized carbons (Fsp3) is 0.150. The Bertz CT molecular complexity index is 975. The Balaban J connectivity index is 1.50. The van der Waals surface area contributed by atoms with E-state index in [4.69, 9.17) is 14.2 Å². The van der Waals surface area contributed by atoms with Crippen LogP contribution in [0.4, 0.5) is 5.69 Å². The maximum atomic E-state index is 12.2. The molecule has 0 radical (unpaired) electrons. The number of hydrogen-bond donors (Lipinski definition) is 1. The Morgan fingerprint density at radius 3 is 2.21 bits per heavy atom. The largest absolute Gasteiger partial charge is 0.497 e. The number of pyridine rings is 1. The van der Waals surface area contributed by atoms with E-state index in [1.54, 1.807) is 74.0 Å². The first-order valence-corrected chi connectivity index (χ1v) is 10.2. The van der Waals surface area contributed by atoms with E-state index in [0.29, 0.717) is 28.8 Å². The van der Waals surface area contributed by atoms with Crippen molar-refractivity contribution in [3.8, 4) is 23.1 Å². The summed E-state index contributed by atoms with van der Waals surface area (Å²) in [6.07, 6.45) is 1.63. The zero-order valence-electron chi connectivity index (χ0n) is 15.2. The summed E-state index contributed by atoms with van der Waals surface area (Å²) in [5.74, 6) is 2.13. The van der Waals surface area contributed by atoms with Crippen LogP contribution in [0, 0.1) is 0 Å². The number of methoxy groups -OCH3 is 1. The highest BCUT2D eigenvalue weighted by molar-refractivity contribution is 7.92. The maximum absolute atomic E-state index is 12.2. The number of benzene rings is 2. The molecule has 146 valence electrons. The van der Waals surface area contributed by atoms with Gasteiger partial charge in [0.25, 0.3) is 0 Å². The number of aromatic nitrogens is 1. The van der Waals surface area contributed by atoms with Crippen LogP contribution in [0.3, 0.4) is 0 Å². The lowest BCUT2D eigenvalue weighted by atomic mass is 10.3. The zero-order chi connectivity index (χ0) is 19.8. The quantitative estimate of drug-likeness (QED) is 0.589. The van der Waals surface area contributed by atoms with Crippen molar-refractivity contribution in [1.82, 2.24) is 4.98 Å². The minimum Gasteiger partial charge on any atom is -0.497 e. The van der Waals surface area contributed by atoms with Crippen LogP contribution in [-0.4, -0.2) is 32.9 Å². The summed E-state index contributed by atoms with van der Waals surface area (Å²) in [5.41, 5.74) is 0.442. The number of sulfonamides is 1. The van der Waals surface area contributed by atoms with Gasteiger partial charge in [0.05, 0.1) is 7.11 Å². The van der Waals surface area contributed by atoms with Gasteiger partial charge < -0.3 is 14.2 Å². The van der Waals surface area contributed by atoms with E-state index in [0.717, 1.165) is 0 Å². The molecule has 3 aromatic rings. The fourth-order valence-corrected chi connectivity index (χ4v) is 3.19. The second kappa shape index (κ2) is 9.09. The maximum Gasteiger partial charge on any atom is 0.236 e. The molecular formula is C20H20N2O5S. The van der Waals surface area contributed by atoms with E-state index in [1.165, 1.54) is 0 Å². The first-order valence-electron chi connectivity index (χ1n) is 8.50. The predicted molar refractivity (Wildman–Crippen MR) is 107 cm³/mol. The fourth-order valence-electron chi connectivity index (χ4n) is 2.29. The van der Waals surface area contributed by atoms with Crippen molar-refractivity contribution >= 4 is 15.7 Å². The van der Waals surface area contributed by atoms with Crippen molar-refractivity contribution < 1.29 is 22.6 Å². The molecule has 1 heterocycles. The Morgan fingerprint density at radius 2 is 1.57 bits per heavy atom. The van der Waals surface area contributed by atoms with Gasteiger partial charge in [0.15, 0.2) is 0 Å². The molecular weight excluding hydrogens is 380 g/mol. The third-order valence-electron chi connectivity index (χ3n) is 3.67. The van der Waals surface area contributed by atoms with E-state index in [1.807, 2.05) is 6.07 Å². The molecule has 0 spiro atoms. The summed E-state index contributed by atoms with van der Waals surface area (Å²) < 4.78 is 43.0. The van der Waals surface area contributed by atoms with Gasteiger partial charge in [-0.2, -0.15) is 0 Å². The lowest BCUT2D eigenvalue weighted by molar-refractivity contribution is 0.340. The van der Waals surface area contributed by atoms with E-state index in [9.17, 15) is 8.42 Å². The summed E-state index contributed by atoms with van der Waals surface area (Å²) in [7, 11) is -1.97. The van der Waals surface area contributed by atoms with E-state index in [2.05, 4.69) is 9.71 Å². The van der Waals surface area contributed by atoms with Gasteiger partial charge in [0.2, 0.25) is 15.9 Å². The van der Waals surface area contributed by atoms with Crippen LogP contribution in [0.2, 0.25) is 0 Å². The highest BCUT2D eigenvalue weighted by Crippen LogP contribution is 2.22. The van der Waals surface area contributed by atoms with E-state index in [-0.39, 0.29) is 12.4 Å². The molecule has 0 aliphatic heterocycles. The highest BCUT2D eigenvalue weighted by atomic mass is 32.2. The summed E-state index contributed by atoms with van der Waals surface area (Å²) in [5, 5.41) is 0. The molecule has 1 N–H and O–H groups in total. The Morgan fingerprint density at radius 1 is 0.893 bits per heavy atom. The first kappa shape index (κ1) is 19.5. The van der Waals surface area contributed by atoms with Crippen LogP contribution in [-0.2, 0) is 10.0 Å². The summed E-state index contributed by atoms with van der Waals surface area (Å²) in [4.78, 5) is 4.07. The van der Waals surface area contributed by atoms with Crippen molar-refractivity contribution in [2.45, 2.75) is 0 Å². The smallest absolute Gasteiger partial charge is 0.236 e. The highest BCUT2D eigenvalue weighted by Gasteiger charge is 2.11. The number of hydrogen-bond acceptors (Lipinski definition) is 6. The molecule has 0 saturated carbocycles. The molecule has 0 amide bonds. The molecule has 28 heavy (non-hydrogen) atoms. The van der Waals surface area contributed by atoms with Crippen LogP contribution in [0.25, 0.3) is 0 Å². The third-order valence-corrected chi connectivity index (χ3v) is 4.92. The van der Waals surface area contributed by atoms with Crippen LogP contribution >= 0.6 is 0 Å². The van der Waals surface area contributed by atoms with Gasteiger partial charge in [0.1, 0.15) is 29.6 Å². The Labute approximate surface area is 164 Å². The van der Waals surface area contributed by atoms with E-state index >= 15 is 0 Å². The van der Waals surface area contributed by atoms with Gasteiger partial charge >= 0.3 is 0 Å². The minimum absolute atomic E-state index is 0.0303. The molecule has 0 fully saturated rings. The van der Waals surface area contributed by atoms with Gasteiger partial charge in [-0.15, -0.1) is 0 Å². The average molecular weight is 400 g/mol. The molecule has 0 atom stereocenters. The molecule has 7 nitrogen and oxygen atoms in total. The normalized spacial score (nSPS) is 10.9. The minimum atomic E-state index is -3.54. The number of ether oxygens (including phenoxy) is 3. The predicted octanol–water partition coefficient (Wildman–Crippen LogP) is 3.70. The molecule has 0 saturated heterocycles. The van der Waals surface area contributed by atoms with Gasteiger partial charge in [0, 0.05) is 18.0 Å². The SMILES string of the molecule is COc1ccc(OCCS(=O)(=O)Nc2ccc(Oc3ccccn3)cc2)cc1. The number of nitrogens with one attached hydrogen (secondary N) is 1. The monoisotopic (exact) mass is 400 g/mol. The number of rotatable bonds is 9. The van der Waals surface area contributed by atoms with Crippen molar-refractivity contribution in [3.05, 3.63) is 72.9 Å². The molecule has 2 aromatic carbocycles. The average Bonchev–Trinajstić information content (AvgIpc) is 2.70. The summed E-state index contributed by atoms with van der Waals surface area (Å²) in [6.45, 7) is 0.0303. The molecule has 0 aliphatic carbocycles. The van der Waals surface area contributed by atoms with Gasteiger partial charge in [-0.25, -0.2) is 13.4 Å². The Kier molecular flexibility index (Phi) is 6.33. The second-order valence-electron chi connectivity index (χ2n) is 5.74. The number of nitrogens with zero attached hydrogens (tertiary/aromatic N) is 1. The molecule has 0 unspecified atom stereocenters. The van der Waals surface area contributed by atoms with Gasteiger partial charge in [-0.3, -0.25) is 4.72 Å². The van der Waals surface area contributed by atoms with Crippen LogP contribution in [0.15, 0.2) is 72.9 Å². The first-order chi connectivity index (χ1) is 13.5. The molecule has 3 rings (SSSR count). The van der Waals surface area contributed by atoms with Crippen LogP contribution in [0.5, 0.6) is 23.1 Å². The van der Waals surface area contributed by atoms with Crippen LogP contribution < -0.4 is 18.9 Å². The molecule has 0 bridgehead atoms. The summed E-state index contributed by atoms with van der Waals surface area (Å²) in [6, 6.07) is 18.9. The van der Waals surface area contributed by atoms with Gasteiger partial charge in [-0.1, -0.05) is 6.07 Å². The van der Waals surface area contributed by atoms with Crippen molar-refractivity contribution in [2.24, 2.45) is 0 Å². The van der Waals surface area contributed by atoms with Gasteiger partial charge in [-0.05, 0) is 54.6 Å². The van der Waals surface area contributed by atoms with Crippen molar-refractivity contribution in [1.29, 1.82) is 0 Å². The lowest BCUT2D eigenvalue weighted by Crippen LogP contribution is -2.21. The molecule has 0 aliphatic rings. The van der Waals surface area contributed by atoms with Crippen molar-refractivity contribution in [2.75, 3.05) is 24.2 Å². The van der Waals surface area contributed by atoms with E-state index < -0.39 is 10.0 Å². The molecule has 1 aromatic heterocycles. The number of anilines is 1. The zero-order valence-corrected chi connectivity index (χ0v) is 16.1. The van der Waals surface area contributed by atoms with Crippen molar-refractivity contribution in [3.63, 3.8) is 0 Å². The van der Waals surface area contributed by atoms with Crippen LogP contribution in [0.1, 0.15) is 0 Å².